The van der Waals surface area contributed by atoms with Crippen LogP contribution in [-0.2, 0) is 0 Å². The monoisotopic (exact) mass is 196 g/mol. The number of nitrogens with zero attached hydrogens (tertiary/aromatic N) is 4. The fraction of sp³-hybridized carbons (Fsp3) is 0.800. The van der Waals surface area contributed by atoms with Crippen LogP contribution in [0, 0.1) is 0 Å². The second kappa shape index (κ2) is 4.98. The highest BCUT2D eigenvalue weighted by Gasteiger charge is 2.13. The molecule has 1 aliphatic rings. The van der Waals surface area contributed by atoms with E-state index >= 15 is 0 Å². The molecule has 0 N–H and O–H groups in total. The molecule has 0 atom stereocenters. The Bertz CT molecular complexity index is 217. The Balaban J connectivity index is 2.60. The molecule has 0 spiro atoms. The molecule has 0 amide bonds. The molecule has 0 aliphatic heterocycles. The van der Waals surface area contributed by atoms with Crippen LogP contribution in [0.2, 0.25) is 0 Å². The molecule has 1 saturated carbocycles. The zero-order valence-electron chi connectivity index (χ0n) is 9.62. The van der Waals surface area contributed by atoms with Gasteiger partial charge in [-0.05, 0) is 19.3 Å². The summed E-state index contributed by atoms with van der Waals surface area (Å²) in [6.07, 6.45) is 4.35. The van der Waals surface area contributed by atoms with Gasteiger partial charge in [0.05, 0.1) is 0 Å². The molecular formula is C10H20N4. The lowest BCUT2D eigenvalue weighted by Gasteiger charge is -2.18. The average molecular weight is 196 g/mol. The molecule has 0 radical (unpaired) electrons. The molecule has 0 unspecified atom stereocenters. The third-order valence-corrected chi connectivity index (χ3v) is 2.02. The quantitative estimate of drug-likeness (QED) is 0.625. The smallest absolute Gasteiger partial charge is 0.0437 e. The van der Waals surface area contributed by atoms with Crippen molar-refractivity contribution in [1.82, 2.24) is 10.0 Å². The first kappa shape index (κ1) is 11.0. The van der Waals surface area contributed by atoms with Crippen LogP contribution in [0.3, 0.4) is 0 Å². The second-order valence-corrected chi connectivity index (χ2v) is 4.06. The zero-order valence-corrected chi connectivity index (χ0v) is 9.62. The Morgan fingerprint density at radius 2 is 1.29 bits per heavy atom. The summed E-state index contributed by atoms with van der Waals surface area (Å²) in [6, 6.07) is 0. The SMILES string of the molecule is CN(C)N=C1CCCC(=NN(C)C)C1. The molecule has 0 heterocycles. The molecule has 1 aliphatic carbocycles. The van der Waals surface area contributed by atoms with Gasteiger partial charge >= 0.3 is 0 Å². The lowest BCUT2D eigenvalue weighted by atomic mass is 9.97. The van der Waals surface area contributed by atoms with Crippen LogP contribution in [-0.4, -0.2) is 49.6 Å². The summed E-state index contributed by atoms with van der Waals surface area (Å²) in [5.41, 5.74) is 2.50. The summed E-state index contributed by atoms with van der Waals surface area (Å²) in [6.45, 7) is 0. The standard InChI is InChI=1S/C10H20N4/c1-13(2)11-9-6-5-7-10(8-9)12-14(3)4/h5-8H2,1-4H3. The molecule has 0 aromatic rings. The Kier molecular flexibility index (Phi) is 3.92. The van der Waals surface area contributed by atoms with Crippen LogP contribution in [0.5, 0.6) is 0 Å². The Morgan fingerprint density at radius 3 is 1.64 bits per heavy atom. The van der Waals surface area contributed by atoms with Crippen LogP contribution in [0.15, 0.2) is 10.2 Å². The summed E-state index contributed by atoms with van der Waals surface area (Å²) in [5.74, 6) is 0. The zero-order chi connectivity index (χ0) is 10.6. The summed E-state index contributed by atoms with van der Waals surface area (Å²) in [7, 11) is 7.85. The van der Waals surface area contributed by atoms with Crippen molar-refractivity contribution in [2.45, 2.75) is 25.7 Å². The molecule has 0 bridgehead atoms. The molecular weight excluding hydrogens is 176 g/mol. The maximum absolute atomic E-state index is 4.44. The fourth-order valence-corrected chi connectivity index (χ4v) is 1.65. The van der Waals surface area contributed by atoms with Crippen LogP contribution >= 0.6 is 0 Å². The minimum atomic E-state index is 0.941. The van der Waals surface area contributed by atoms with Crippen molar-refractivity contribution in [1.29, 1.82) is 0 Å². The van der Waals surface area contributed by atoms with E-state index in [1.165, 1.54) is 17.8 Å². The van der Waals surface area contributed by atoms with E-state index in [1.807, 2.05) is 38.2 Å². The van der Waals surface area contributed by atoms with E-state index < -0.39 is 0 Å². The lowest BCUT2D eigenvalue weighted by Crippen LogP contribution is -2.20. The van der Waals surface area contributed by atoms with Gasteiger partial charge in [0.1, 0.15) is 0 Å². The molecule has 4 nitrogen and oxygen atoms in total. The normalized spacial score (nSPS) is 22.9. The van der Waals surface area contributed by atoms with E-state index in [0.717, 1.165) is 19.3 Å². The molecule has 4 heteroatoms. The largest absolute Gasteiger partial charge is 0.303 e. The highest BCUT2D eigenvalue weighted by atomic mass is 15.4. The van der Waals surface area contributed by atoms with Gasteiger partial charge in [-0.3, -0.25) is 0 Å². The summed E-state index contributed by atoms with van der Waals surface area (Å²) < 4.78 is 0. The summed E-state index contributed by atoms with van der Waals surface area (Å²) in [4.78, 5) is 0. The van der Waals surface area contributed by atoms with Gasteiger partial charge in [0.2, 0.25) is 0 Å². The molecule has 14 heavy (non-hydrogen) atoms. The van der Waals surface area contributed by atoms with Crippen molar-refractivity contribution in [2.75, 3.05) is 28.2 Å². The first-order valence-corrected chi connectivity index (χ1v) is 5.05. The lowest BCUT2D eigenvalue weighted by molar-refractivity contribution is 0.429. The van der Waals surface area contributed by atoms with Gasteiger partial charge in [-0.15, -0.1) is 0 Å². The van der Waals surface area contributed by atoms with Crippen LogP contribution < -0.4 is 0 Å². The van der Waals surface area contributed by atoms with Crippen molar-refractivity contribution in [3.05, 3.63) is 0 Å². The highest BCUT2D eigenvalue weighted by Crippen LogP contribution is 2.14. The average Bonchev–Trinajstić information content (AvgIpc) is 2.01. The second-order valence-electron chi connectivity index (χ2n) is 4.06. The molecule has 0 saturated heterocycles. The van der Waals surface area contributed by atoms with E-state index in [2.05, 4.69) is 10.2 Å². The third kappa shape index (κ3) is 3.77. The molecule has 0 aromatic carbocycles. The van der Waals surface area contributed by atoms with Gasteiger partial charge in [0.25, 0.3) is 0 Å². The Labute approximate surface area is 86.3 Å². The van der Waals surface area contributed by atoms with Crippen molar-refractivity contribution < 1.29 is 0 Å². The Hall–Kier alpha value is -1.06. The predicted molar refractivity (Wildman–Crippen MR) is 60.7 cm³/mol. The first-order chi connectivity index (χ1) is 6.58. The van der Waals surface area contributed by atoms with Gasteiger partial charge in [0, 0.05) is 46.0 Å². The third-order valence-electron chi connectivity index (χ3n) is 2.02. The Morgan fingerprint density at radius 1 is 0.857 bits per heavy atom. The van der Waals surface area contributed by atoms with Crippen molar-refractivity contribution in [2.24, 2.45) is 10.2 Å². The maximum atomic E-state index is 4.44. The van der Waals surface area contributed by atoms with Crippen molar-refractivity contribution in [3.63, 3.8) is 0 Å². The molecule has 1 rings (SSSR count). The van der Waals surface area contributed by atoms with Gasteiger partial charge in [0.15, 0.2) is 0 Å². The minimum Gasteiger partial charge on any atom is -0.303 e. The van der Waals surface area contributed by atoms with E-state index in [1.54, 1.807) is 0 Å². The van der Waals surface area contributed by atoms with Gasteiger partial charge in [-0.2, -0.15) is 10.2 Å². The number of hydrogen-bond donors (Lipinski definition) is 0. The molecule has 1 fully saturated rings. The summed E-state index contributed by atoms with van der Waals surface area (Å²) in [5, 5.41) is 12.6. The molecule has 0 aromatic heterocycles. The van der Waals surface area contributed by atoms with E-state index in [0.29, 0.717) is 0 Å². The number of hydrazone groups is 2. The number of hydrogen-bond acceptors (Lipinski definition) is 4. The summed E-state index contributed by atoms with van der Waals surface area (Å²) >= 11 is 0. The van der Waals surface area contributed by atoms with Gasteiger partial charge in [-0.1, -0.05) is 0 Å². The number of rotatable bonds is 2. The van der Waals surface area contributed by atoms with Crippen LogP contribution in [0.25, 0.3) is 0 Å². The fourth-order valence-electron chi connectivity index (χ4n) is 1.65. The predicted octanol–water partition coefficient (Wildman–Crippen LogP) is 1.40. The molecule has 80 valence electrons. The first-order valence-electron chi connectivity index (χ1n) is 5.05. The van der Waals surface area contributed by atoms with E-state index in [-0.39, 0.29) is 0 Å². The minimum absolute atomic E-state index is 0.941. The highest BCUT2D eigenvalue weighted by molar-refractivity contribution is 6.06. The topological polar surface area (TPSA) is 31.2 Å². The van der Waals surface area contributed by atoms with E-state index in [4.69, 9.17) is 0 Å². The van der Waals surface area contributed by atoms with E-state index in [9.17, 15) is 0 Å². The van der Waals surface area contributed by atoms with Gasteiger partial charge < -0.3 is 10.0 Å². The van der Waals surface area contributed by atoms with Crippen molar-refractivity contribution >= 4 is 11.4 Å². The van der Waals surface area contributed by atoms with Crippen LogP contribution in [0.4, 0.5) is 0 Å². The van der Waals surface area contributed by atoms with Crippen LogP contribution in [0.1, 0.15) is 25.7 Å². The van der Waals surface area contributed by atoms with Gasteiger partial charge in [-0.25, -0.2) is 0 Å². The maximum Gasteiger partial charge on any atom is 0.0437 e. The van der Waals surface area contributed by atoms with Crippen molar-refractivity contribution in [3.8, 4) is 0 Å².